The van der Waals surface area contributed by atoms with E-state index < -0.39 is 8.32 Å². The molecule has 124 valence electrons. The first-order chi connectivity index (χ1) is 10.0. The average Bonchev–Trinajstić information content (AvgIpc) is 2.42. The van der Waals surface area contributed by atoms with Crippen LogP contribution in [-0.2, 0) is 11.0 Å². The molecule has 0 aromatic carbocycles. The van der Waals surface area contributed by atoms with E-state index in [1.54, 1.807) is 12.3 Å². The van der Waals surface area contributed by atoms with Crippen molar-refractivity contribution in [2.75, 3.05) is 6.54 Å². The molecule has 1 aromatic rings. The number of aromatic nitrogens is 1. The van der Waals surface area contributed by atoms with Gasteiger partial charge in [0.05, 0.1) is 6.61 Å². The van der Waals surface area contributed by atoms with E-state index in [-0.39, 0.29) is 10.9 Å². The molecule has 0 unspecified atom stereocenters. The Balaban J connectivity index is 2.61. The van der Waals surface area contributed by atoms with E-state index in [0.717, 1.165) is 5.56 Å². The maximum Gasteiger partial charge on any atom is 0.269 e. The second kappa shape index (κ2) is 7.37. The zero-order valence-corrected chi connectivity index (χ0v) is 16.0. The monoisotopic (exact) mass is 322 g/mol. The number of hydrogen-bond acceptors (Lipinski definition) is 3. The molecule has 0 radical (unpaired) electrons. The Hall–Kier alpha value is -1.20. The van der Waals surface area contributed by atoms with Crippen LogP contribution in [0.5, 0.6) is 0 Å². The van der Waals surface area contributed by atoms with Crippen LogP contribution in [0.15, 0.2) is 18.3 Å². The molecule has 0 saturated carbocycles. The fraction of sp³-hybridized carbons (Fsp3) is 0.647. The summed E-state index contributed by atoms with van der Waals surface area (Å²) < 4.78 is 6.16. The van der Waals surface area contributed by atoms with Crippen molar-refractivity contribution in [3.63, 3.8) is 0 Å². The summed E-state index contributed by atoms with van der Waals surface area (Å²) in [7, 11) is -1.76. The van der Waals surface area contributed by atoms with Crippen molar-refractivity contribution in [2.24, 2.45) is 5.92 Å². The van der Waals surface area contributed by atoms with Crippen LogP contribution in [-0.4, -0.2) is 25.8 Å². The van der Waals surface area contributed by atoms with E-state index in [1.165, 1.54) is 0 Å². The summed E-state index contributed by atoms with van der Waals surface area (Å²) in [4.78, 5) is 16.2. The zero-order valence-electron chi connectivity index (χ0n) is 15.0. The minimum Gasteiger partial charge on any atom is -0.413 e. The molecular formula is C17H30N2O2Si. The van der Waals surface area contributed by atoms with Gasteiger partial charge in [0.2, 0.25) is 0 Å². The topological polar surface area (TPSA) is 51.2 Å². The van der Waals surface area contributed by atoms with E-state index in [1.807, 2.05) is 6.07 Å². The summed E-state index contributed by atoms with van der Waals surface area (Å²) in [5, 5.41) is 3.06. The molecule has 0 fully saturated rings. The normalized spacial score (nSPS) is 12.5. The number of rotatable bonds is 6. The van der Waals surface area contributed by atoms with Crippen LogP contribution in [0.4, 0.5) is 0 Å². The highest BCUT2D eigenvalue weighted by Gasteiger charge is 2.37. The van der Waals surface area contributed by atoms with E-state index in [9.17, 15) is 4.79 Å². The highest BCUT2D eigenvalue weighted by atomic mass is 28.4. The molecule has 1 amide bonds. The average molecular weight is 323 g/mol. The summed E-state index contributed by atoms with van der Waals surface area (Å²) in [6, 6.07) is 3.68. The van der Waals surface area contributed by atoms with Crippen molar-refractivity contribution in [2.45, 2.75) is 59.4 Å². The molecule has 1 aromatic heterocycles. The molecular weight excluding hydrogens is 292 g/mol. The molecule has 0 saturated heterocycles. The van der Waals surface area contributed by atoms with Gasteiger partial charge in [-0.15, -0.1) is 0 Å². The molecule has 0 bridgehead atoms. The summed E-state index contributed by atoms with van der Waals surface area (Å²) in [6.07, 6.45) is 1.73. The molecule has 0 atom stereocenters. The largest absolute Gasteiger partial charge is 0.413 e. The van der Waals surface area contributed by atoms with Crippen molar-refractivity contribution >= 4 is 14.2 Å². The van der Waals surface area contributed by atoms with Crippen molar-refractivity contribution in [3.8, 4) is 0 Å². The Labute approximate surface area is 135 Å². The van der Waals surface area contributed by atoms with Crippen LogP contribution in [0.2, 0.25) is 18.1 Å². The van der Waals surface area contributed by atoms with E-state index >= 15 is 0 Å². The molecule has 0 aliphatic rings. The van der Waals surface area contributed by atoms with Crippen LogP contribution >= 0.6 is 0 Å². The molecule has 0 aliphatic heterocycles. The minimum atomic E-state index is -1.76. The molecule has 1 rings (SSSR count). The van der Waals surface area contributed by atoms with Gasteiger partial charge in [0, 0.05) is 12.7 Å². The Kier molecular flexibility index (Phi) is 6.32. The van der Waals surface area contributed by atoms with Gasteiger partial charge >= 0.3 is 0 Å². The van der Waals surface area contributed by atoms with Crippen molar-refractivity contribution < 1.29 is 9.22 Å². The second-order valence-corrected chi connectivity index (χ2v) is 12.5. The van der Waals surface area contributed by atoms with Crippen LogP contribution in [0.3, 0.4) is 0 Å². The smallest absolute Gasteiger partial charge is 0.269 e. The summed E-state index contributed by atoms with van der Waals surface area (Å²) >= 11 is 0. The van der Waals surface area contributed by atoms with E-state index in [2.05, 4.69) is 58.0 Å². The lowest BCUT2D eigenvalue weighted by Crippen LogP contribution is -2.40. The highest BCUT2D eigenvalue weighted by Crippen LogP contribution is 2.36. The number of carbonyl (C=O) groups is 1. The Bertz CT molecular complexity index is 490. The molecule has 5 heteroatoms. The first-order valence-electron chi connectivity index (χ1n) is 7.90. The van der Waals surface area contributed by atoms with Gasteiger partial charge in [0.25, 0.3) is 5.91 Å². The predicted molar refractivity (Wildman–Crippen MR) is 93.4 cm³/mol. The maximum absolute atomic E-state index is 11.9. The number of nitrogens with one attached hydrogen (secondary N) is 1. The maximum atomic E-state index is 11.9. The molecule has 22 heavy (non-hydrogen) atoms. The fourth-order valence-corrected chi connectivity index (χ4v) is 2.47. The number of pyridine rings is 1. The fourth-order valence-electron chi connectivity index (χ4n) is 1.51. The van der Waals surface area contributed by atoms with Gasteiger partial charge in [-0.05, 0) is 35.7 Å². The van der Waals surface area contributed by atoms with Crippen LogP contribution in [0.25, 0.3) is 0 Å². The van der Waals surface area contributed by atoms with Gasteiger partial charge in [0.1, 0.15) is 5.69 Å². The minimum absolute atomic E-state index is 0.120. The summed E-state index contributed by atoms with van der Waals surface area (Å²) in [5.41, 5.74) is 1.46. The van der Waals surface area contributed by atoms with Crippen molar-refractivity contribution in [1.82, 2.24) is 10.3 Å². The summed E-state index contributed by atoms with van der Waals surface area (Å²) in [6.45, 7) is 16.5. The van der Waals surface area contributed by atoms with Gasteiger partial charge in [-0.3, -0.25) is 9.78 Å². The van der Waals surface area contributed by atoms with Gasteiger partial charge < -0.3 is 9.74 Å². The zero-order chi connectivity index (χ0) is 17.0. The lowest BCUT2D eigenvalue weighted by molar-refractivity contribution is 0.0944. The van der Waals surface area contributed by atoms with Crippen molar-refractivity contribution in [3.05, 3.63) is 29.6 Å². The third-order valence-electron chi connectivity index (χ3n) is 4.13. The summed E-state index contributed by atoms with van der Waals surface area (Å²) in [5.74, 6) is 0.312. The number of hydrogen-bond donors (Lipinski definition) is 1. The first-order valence-corrected chi connectivity index (χ1v) is 10.8. The van der Waals surface area contributed by atoms with Gasteiger partial charge in [-0.1, -0.05) is 40.7 Å². The van der Waals surface area contributed by atoms with Crippen molar-refractivity contribution in [1.29, 1.82) is 0 Å². The lowest BCUT2D eigenvalue weighted by Gasteiger charge is -2.36. The number of amides is 1. The van der Waals surface area contributed by atoms with E-state index in [0.29, 0.717) is 24.8 Å². The number of carbonyl (C=O) groups excluding carboxylic acids is 1. The lowest BCUT2D eigenvalue weighted by atomic mass is 10.2. The Morgan fingerprint density at radius 2 is 1.95 bits per heavy atom. The van der Waals surface area contributed by atoms with Crippen LogP contribution in [0.1, 0.15) is 50.7 Å². The predicted octanol–water partition coefficient (Wildman–Crippen LogP) is 3.99. The first kappa shape index (κ1) is 18.8. The quantitative estimate of drug-likeness (QED) is 0.806. The molecule has 1 heterocycles. The highest BCUT2D eigenvalue weighted by molar-refractivity contribution is 6.74. The number of nitrogens with zero attached hydrogens (tertiary/aromatic N) is 1. The van der Waals surface area contributed by atoms with Crippen LogP contribution < -0.4 is 5.32 Å². The standard InChI is InChI=1S/C17H30N2O2Si/c1-13(2)10-19-16(20)15-9-8-14(11-18-15)12-21-22(6,7)17(3,4)5/h8-9,11,13H,10,12H2,1-7H3,(H,19,20). The van der Waals surface area contributed by atoms with E-state index in [4.69, 9.17) is 4.43 Å². The third kappa shape index (κ3) is 5.53. The Morgan fingerprint density at radius 3 is 2.41 bits per heavy atom. The molecule has 0 spiro atoms. The molecule has 1 N–H and O–H groups in total. The van der Waals surface area contributed by atoms with Gasteiger partial charge in [0.15, 0.2) is 8.32 Å². The molecule has 4 nitrogen and oxygen atoms in total. The molecule has 0 aliphatic carbocycles. The third-order valence-corrected chi connectivity index (χ3v) is 8.61. The Morgan fingerprint density at radius 1 is 1.32 bits per heavy atom. The van der Waals surface area contributed by atoms with Crippen LogP contribution in [0, 0.1) is 5.92 Å². The second-order valence-electron chi connectivity index (χ2n) is 7.70. The SMILES string of the molecule is CC(C)CNC(=O)c1ccc(CO[Si](C)(C)C(C)(C)C)cn1. The van der Waals surface area contributed by atoms with Gasteiger partial charge in [-0.2, -0.15) is 0 Å². The van der Waals surface area contributed by atoms with Gasteiger partial charge in [-0.25, -0.2) is 0 Å².